The first-order valence-electron chi connectivity index (χ1n) is 16.0. The molecule has 0 radical (unpaired) electrons. The van der Waals surface area contributed by atoms with Gasteiger partial charge in [-0.25, -0.2) is 0 Å². The second-order valence-electron chi connectivity index (χ2n) is 12.6. The summed E-state index contributed by atoms with van der Waals surface area (Å²) in [4.78, 5) is 32.2. The van der Waals surface area contributed by atoms with Gasteiger partial charge in [-0.1, -0.05) is 36.4 Å². The van der Waals surface area contributed by atoms with E-state index in [1.54, 1.807) is 25.1 Å². The van der Waals surface area contributed by atoms with Crippen LogP contribution in [0.2, 0.25) is 0 Å². The number of hydrogen-bond acceptors (Lipinski definition) is 10. The van der Waals surface area contributed by atoms with Crippen LogP contribution in [0.5, 0.6) is 6.01 Å². The Morgan fingerprint density at radius 1 is 1.13 bits per heavy atom. The Balaban J connectivity index is 1.44. The molecule has 3 aromatic rings. The van der Waals surface area contributed by atoms with Crippen molar-refractivity contribution >= 4 is 28.2 Å². The van der Waals surface area contributed by atoms with Crippen LogP contribution in [0.3, 0.4) is 0 Å². The van der Waals surface area contributed by atoms with E-state index < -0.39 is 6.23 Å². The zero-order valence-corrected chi connectivity index (χ0v) is 27.7. The van der Waals surface area contributed by atoms with E-state index in [0.717, 1.165) is 36.6 Å². The number of aryl methyl sites for hydroxylation is 1. The first-order valence-corrected chi connectivity index (χ1v) is 16.0. The Kier molecular flexibility index (Phi) is 10.7. The zero-order valence-electron chi connectivity index (χ0n) is 27.7. The van der Waals surface area contributed by atoms with Gasteiger partial charge in [-0.3, -0.25) is 9.69 Å². The lowest BCUT2D eigenvalue weighted by Gasteiger charge is -2.43. The van der Waals surface area contributed by atoms with E-state index in [4.69, 9.17) is 14.7 Å². The molecule has 5 rings (SSSR count). The van der Waals surface area contributed by atoms with Gasteiger partial charge in [0.05, 0.1) is 31.1 Å². The second kappa shape index (κ2) is 14.9. The molecule has 0 spiro atoms. The molecule has 1 aromatic heterocycles. The Hall–Kier alpha value is -4.24. The molecule has 1 saturated heterocycles. The van der Waals surface area contributed by atoms with Crippen LogP contribution in [0, 0.1) is 18.3 Å². The predicted octanol–water partition coefficient (Wildman–Crippen LogP) is 3.20. The van der Waals surface area contributed by atoms with E-state index >= 15 is 0 Å². The molecule has 11 heteroatoms. The number of nitriles is 1. The maximum absolute atomic E-state index is 12.2. The van der Waals surface area contributed by atoms with Crippen LogP contribution in [0.25, 0.3) is 10.8 Å². The van der Waals surface area contributed by atoms with E-state index in [-0.39, 0.29) is 37.4 Å². The minimum absolute atomic E-state index is 0.0238. The number of nitrogens with zero attached hydrogens (tertiary/aromatic N) is 8. The zero-order chi connectivity index (χ0) is 32.8. The first kappa shape index (κ1) is 33.1. The molecule has 1 fully saturated rings. The number of anilines is 2. The van der Waals surface area contributed by atoms with E-state index in [1.807, 2.05) is 30.0 Å². The van der Waals surface area contributed by atoms with E-state index in [2.05, 4.69) is 59.2 Å². The number of benzene rings is 2. The highest BCUT2D eigenvalue weighted by Crippen LogP contribution is 2.36. The van der Waals surface area contributed by atoms with Crippen LogP contribution >= 0.6 is 0 Å². The molecule has 2 atom stereocenters. The van der Waals surface area contributed by atoms with E-state index in [0.29, 0.717) is 26.2 Å². The van der Waals surface area contributed by atoms with Crippen molar-refractivity contribution in [3.63, 3.8) is 0 Å². The molecule has 3 heterocycles. The molecule has 2 aliphatic heterocycles. The number of piperazine rings is 1. The Labute approximate surface area is 272 Å². The molecule has 2 aromatic carbocycles. The summed E-state index contributed by atoms with van der Waals surface area (Å²) in [5.74, 6) is 0.789. The first-order chi connectivity index (χ1) is 22.2. The maximum Gasteiger partial charge on any atom is 0.318 e. The summed E-state index contributed by atoms with van der Waals surface area (Å²) in [5.41, 5.74) is 4.40. The lowest BCUT2D eigenvalue weighted by atomic mass is 9.99. The summed E-state index contributed by atoms with van der Waals surface area (Å²) in [6.45, 7) is 6.22. The molecule has 0 saturated carbocycles. The minimum atomic E-state index is -0.773. The van der Waals surface area contributed by atoms with Gasteiger partial charge < -0.3 is 29.4 Å². The van der Waals surface area contributed by atoms with Crippen molar-refractivity contribution in [2.24, 2.45) is 0 Å². The number of fused-ring (bicyclic) bond motifs is 2. The number of aliphatic hydroxyl groups excluding tert-OH is 1. The van der Waals surface area contributed by atoms with Gasteiger partial charge in [0.25, 0.3) is 0 Å². The number of carbonyl (C=O) groups excluding carboxylic acids is 1. The van der Waals surface area contributed by atoms with Gasteiger partial charge in [0.1, 0.15) is 18.7 Å². The van der Waals surface area contributed by atoms with Crippen molar-refractivity contribution < 1.29 is 14.6 Å². The van der Waals surface area contributed by atoms with E-state index in [9.17, 15) is 15.2 Å². The Bertz CT molecular complexity index is 1600. The standard InChI is InChI=1S/C35H46N8O3/c1-25-9-6-10-26-11-7-12-30(33(25)26)41-19-15-28-29(24-41)37-35(46-22-16-31(44)40(4)5)38-34(28)42-20-21-43(27(23-42)14-17-36)32(45)13-8-18-39(2)3/h6-13,27,32,45H,14-16,18-24H2,1-5H3/b13-8+/t27-,32?/m0/s1. The van der Waals surface area contributed by atoms with Crippen molar-refractivity contribution in [2.75, 3.05) is 77.3 Å². The average Bonchev–Trinajstić information content (AvgIpc) is 3.03. The fourth-order valence-corrected chi connectivity index (χ4v) is 6.34. The number of ether oxygens (including phenoxy) is 1. The third-order valence-corrected chi connectivity index (χ3v) is 8.77. The fourth-order valence-electron chi connectivity index (χ4n) is 6.34. The molecular formula is C35H46N8O3. The van der Waals surface area contributed by atoms with Gasteiger partial charge in [-0.2, -0.15) is 15.2 Å². The summed E-state index contributed by atoms with van der Waals surface area (Å²) in [5, 5.41) is 23.1. The van der Waals surface area contributed by atoms with E-state index in [1.165, 1.54) is 22.0 Å². The van der Waals surface area contributed by atoms with Crippen LogP contribution in [0.15, 0.2) is 48.6 Å². The molecular weight excluding hydrogens is 580 g/mol. The third kappa shape index (κ3) is 7.58. The highest BCUT2D eigenvalue weighted by Gasteiger charge is 2.34. The smallest absolute Gasteiger partial charge is 0.318 e. The average molecular weight is 627 g/mol. The number of amides is 1. The molecule has 0 bridgehead atoms. The summed E-state index contributed by atoms with van der Waals surface area (Å²) >= 11 is 0. The molecule has 0 aliphatic carbocycles. The molecule has 46 heavy (non-hydrogen) atoms. The van der Waals surface area contributed by atoms with Crippen LogP contribution in [0.1, 0.15) is 29.7 Å². The van der Waals surface area contributed by atoms with Crippen molar-refractivity contribution in [1.29, 1.82) is 5.26 Å². The molecule has 244 valence electrons. The van der Waals surface area contributed by atoms with Crippen molar-refractivity contribution in [1.82, 2.24) is 24.7 Å². The quantitative estimate of drug-likeness (QED) is 0.319. The van der Waals surface area contributed by atoms with Crippen LogP contribution < -0.4 is 14.5 Å². The lowest BCUT2D eigenvalue weighted by Crippen LogP contribution is -2.56. The lowest BCUT2D eigenvalue weighted by molar-refractivity contribution is -0.129. The summed E-state index contributed by atoms with van der Waals surface area (Å²) < 4.78 is 6.02. The van der Waals surface area contributed by atoms with Gasteiger partial charge in [-0.15, -0.1) is 0 Å². The minimum Gasteiger partial charge on any atom is -0.463 e. The monoisotopic (exact) mass is 626 g/mol. The van der Waals surface area contributed by atoms with Crippen LogP contribution in [-0.2, 0) is 17.8 Å². The number of aromatic nitrogens is 2. The predicted molar refractivity (Wildman–Crippen MR) is 181 cm³/mol. The Morgan fingerprint density at radius 2 is 1.91 bits per heavy atom. The van der Waals surface area contributed by atoms with Crippen LogP contribution in [-0.4, -0.2) is 115 Å². The SMILES string of the molecule is Cc1cccc2cccc(N3CCc4c(nc(OCCC(=O)N(C)C)nc4N4CCN(C(O)/C=C/CN(C)C)[C@@H](CC#N)C4)C3)c12. The topological polar surface area (TPSA) is 112 Å². The van der Waals surface area contributed by atoms with Gasteiger partial charge in [-0.05, 0) is 50.5 Å². The van der Waals surface area contributed by atoms with Gasteiger partial charge in [0.15, 0.2) is 0 Å². The molecule has 11 nitrogen and oxygen atoms in total. The highest BCUT2D eigenvalue weighted by atomic mass is 16.5. The van der Waals surface area contributed by atoms with Crippen molar-refractivity contribution in [3.05, 3.63) is 65.4 Å². The van der Waals surface area contributed by atoms with Gasteiger partial charge in [0.2, 0.25) is 5.91 Å². The normalized spacial score (nSPS) is 17.7. The van der Waals surface area contributed by atoms with Crippen LogP contribution in [0.4, 0.5) is 11.5 Å². The molecule has 1 N–H and O–H groups in total. The highest BCUT2D eigenvalue weighted by molar-refractivity contribution is 5.97. The summed E-state index contributed by atoms with van der Waals surface area (Å²) in [6, 6.07) is 15.2. The number of rotatable bonds is 11. The second-order valence-corrected chi connectivity index (χ2v) is 12.6. The Morgan fingerprint density at radius 3 is 2.65 bits per heavy atom. The summed E-state index contributed by atoms with van der Waals surface area (Å²) in [6.07, 6.45) is 4.25. The number of aliphatic hydroxyl groups is 1. The molecule has 1 amide bonds. The molecule has 1 unspecified atom stereocenters. The molecule has 2 aliphatic rings. The number of hydrogen-bond donors (Lipinski definition) is 1. The largest absolute Gasteiger partial charge is 0.463 e. The van der Waals surface area contributed by atoms with Crippen molar-refractivity contribution in [3.8, 4) is 12.1 Å². The maximum atomic E-state index is 12.2. The van der Waals surface area contributed by atoms with Crippen molar-refractivity contribution in [2.45, 2.75) is 45.0 Å². The summed E-state index contributed by atoms with van der Waals surface area (Å²) in [7, 11) is 7.42. The number of carbonyl (C=O) groups is 1. The van der Waals surface area contributed by atoms with Gasteiger partial charge >= 0.3 is 6.01 Å². The third-order valence-electron chi connectivity index (χ3n) is 8.77. The fraction of sp³-hybridized carbons (Fsp3) is 0.486. The number of likely N-dealkylation sites (N-methyl/N-ethyl adjacent to an activating group) is 1. The van der Waals surface area contributed by atoms with Gasteiger partial charge in [0, 0.05) is 69.5 Å².